The van der Waals surface area contributed by atoms with Crippen LogP contribution in [-0.2, 0) is 4.79 Å². The molecule has 2 N–H and O–H groups in total. The second-order valence-corrected chi connectivity index (χ2v) is 8.91. The highest BCUT2D eigenvalue weighted by atomic mass is 79.9. The first-order chi connectivity index (χ1) is 15.6. The molecule has 0 spiro atoms. The molecule has 2 heterocycles. The fourth-order valence-corrected chi connectivity index (χ4v) is 5.06. The first-order valence-corrected chi connectivity index (χ1v) is 11.3. The third-order valence-corrected chi connectivity index (χ3v) is 6.88. The Kier molecular flexibility index (Phi) is 5.63. The van der Waals surface area contributed by atoms with E-state index in [0.29, 0.717) is 0 Å². The largest absolute Gasteiger partial charge is 0.497 e. The van der Waals surface area contributed by atoms with Gasteiger partial charge < -0.3 is 14.4 Å². The maximum Gasteiger partial charge on any atom is 0.246 e. The van der Waals surface area contributed by atoms with Crippen LogP contribution in [0.2, 0.25) is 0 Å². The van der Waals surface area contributed by atoms with Gasteiger partial charge in [0.25, 0.3) is 0 Å². The molecule has 4 atom stereocenters. The van der Waals surface area contributed by atoms with Gasteiger partial charge in [0.1, 0.15) is 17.5 Å². The van der Waals surface area contributed by atoms with Gasteiger partial charge in [-0.15, -0.1) is 0 Å². The van der Waals surface area contributed by atoms with Crippen molar-refractivity contribution in [2.45, 2.75) is 18.1 Å². The molecule has 2 saturated heterocycles. The molecule has 2 fully saturated rings. The first kappa shape index (κ1) is 21.0. The summed E-state index contributed by atoms with van der Waals surface area (Å²) in [7, 11) is 3.31. The number of rotatable bonds is 5. The first-order valence-electron chi connectivity index (χ1n) is 10.5. The molecule has 164 valence electrons. The molecule has 3 aromatic rings. The molecule has 5 rings (SSSR count). The molecule has 7 heteroatoms. The second-order valence-electron chi connectivity index (χ2n) is 8.00. The SMILES string of the molecule is COc1ccc(C2NNC3C(=O)N(c4ccc(Br)cc4)C(c4ccc(OC)cc4)C32)cc1. The van der Waals surface area contributed by atoms with Gasteiger partial charge in [-0.3, -0.25) is 4.79 Å². The second kappa shape index (κ2) is 8.58. The summed E-state index contributed by atoms with van der Waals surface area (Å²) in [4.78, 5) is 15.5. The predicted molar refractivity (Wildman–Crippen MR) is 127 cm³/mol. The highest BCUT2D eigenvalue weighted by Crippen LogP contribution is 2.49. The van der Waals surface area contributed by atoms with E-state index in [2.05, 4.69) is 51.0 Å². The van der Waals surface area contributed by atoms with Crippen LogP contribution in [0.15, 0.2) is 77.3 Å². The fourth-order valence-electron chi connectivity index (χ4n) is 4.79. The summed E-state index contributed by atoms with van der Waals surface area (Å²) in [6.45, 7) is 0. The summed E-state index contributed by atoms with van der Waals surface area (Å²) in [5.74, 6) is 1.65. The van der Waals surface area contributed by atoms with Gasteiger partial charge in [0, 0.05) is 16.1 Å². The van der Waals surface area contributed by atoms with Crippen LogP contribution in [0.4, 0.5) is 5.69 Å². The Morgan fingerprint density at radius 1 is 0.750 bits per heavy atom. The topological polar surface area (TPSA) is 62.8 Å². The summed E-state index contributed by atoms with van der Waals surface area (Å²) in [5.41, 5.74) is 9.70. The monoisotopic (exact) mass is 493 g/mol. The summed E-state index contributed by atoms with van der Waals surface area (Å²) in [6.07, 6.45) is 0. The van der Waals surface area contributed by atoms with Crippen molar-refractivity contribution in [3.63, 3.8) is 0 Å². The molecule has 2 aliphatic rings. The number of anilines is 1. The Bertz CT molecular complexity index is 1100. The zero-order chi connectivity index (χ0) is 22.2. The van der Waals surface area contributed by atoms with Gasteiger partial charge in [0.05, 0.1) is 26.3 Å². The number of ether oxygens (including phenoxy) is 2. The number of amides is 1. The van der Waals surface area contributed by atoms with Crippen LogP contribution < -0.4 is 25.2 Å². The molecule has 4 unspecified atom stereocenters. The molecule has 6 nitrogen and oxygen atoms in total. The molecule has 3 aromatic carbocycles. The number of hydrogen-bond acceptors (Lipinski definition) is 5. The minimum atomic E-state index is -0.335. The van der Waals surface area contributed by atoms with Gasteiger partial charge in [0.2, 0.25) is 5.91 Å². The van der Waals surface area contributed by atoms with Crippen molar-refractivity contribution in [2.24, 2.45) is 5.92 Å². The standard InChI is InChI=1S/C25H24BrN3O3/c1-31-19-11-3-15(4-12-19)22-21-23(28-27-22)25(30)29(18-9-7-17(26)8-10-18)24(21)16-5-13-20(32-2)14-6-16/h3-14,21-24,27-28H,1-2H3. The van der Waals surface area contributed by atoms with E-state index in [0.717, 1.165) is 32.8 Å². The van der Waals surface area contributed by atoms with E-state index in [-0.39, 0.29) is 30.0 Å². The average molecular weight is 494 g/mol. The third kappa shape index (κ3) is 3.56. The van der Waals surface area contributed by atoms with Crippen molar-refractivity contribution in [3.05, 3.63) is 88.4 Å². The van der Waals surface area contributed by atoms with E-state index in [1.165, 1.54) is 0 Å². The molecule has 1 amide bonds. The molecule has 0 saturated carbocycles. The number of hydrogen-bond donors (Lipinski definition) is 2. The van der Waals surface area contributed by atoms with Crippen LogP contribution in [0.5, 0.6) is 11.5 Å². The Morgan fingerprint density at radius 2 is 1.28 bits per heavy atom. The number of nitrogens with one attached hydrogen (secondary N) is 2. The summed E-state index contributed by atoms with van der Waals surface area (Å²) >= 11 is 3.50. The van der Waals surface area contributed by atoms with Crippen LogP contribution in [0.1, 0.15) is 23.2 Å². The summed E-state index contributed by atoms with van der Waals surface area (Å²) in [6, 6.07) is 23.4. The van der Waals surface area contributed by atoms with Crippen molar-refractivity contribution in [3.8, 4) is 11.5 Å². The number of nitrogens with zero attached hydrogens (tertiary/aromatic N) is 1. The Morgan fingerprint density at radius 3 is 1.84 bits per heavy atom. The molecule has 2 aliphatic heterocycles. The van der Waals surface area contributed by atoms with Crippen LogP contribution in [0, 0.1) is 5.92 Å². The maximum atomic E-state index is 13.6. The van der Waals surface area contributed by atoms with Gasteiger partial charge in [0.15, 0.2) is 0 Å². The van der Waals surface area contributed by atoms with E-state index in [1.54, 1.807) is 14.2 Å². The lowest BCUT2D eigenvalue weighted by Crippen LogP contribution is -2.41. The minimum Gasteiger partial charge on any atom is -0.497 e. The Balaban J connectivity index is 1.59. The smallest absolute Gasteiger partial charge is 0.246 e. The number of carbonyl (C=O) groups is 1. The third-order valence-electron chi connectivity index (χ3n) is 6.35. The minimum absolute atomic E-state index is 0.00654. The van der Waals surface area contributed by atoms with E-state index >= 15 is 0 Å². The number of carbonyl (C=O) groups excluding carboxylic acids is 1. The summed E-state index contributed by atoms with van der Waals surface area (Å²) < 4.78 is 11.6. The lowest BCUT2D eigenvalue weighted by molar-refractivity contribution is -0.119. The molecular formula is C25H24BrN3O3. The van der Waals surface area contributed by atoms with E-state index in [9.17, 15) is 4.79 Å². The zero-order valence-corrected chi connectivity index (χ0v) is 19.4. The number of fused-ring (bicyclic) bond motifs is 1. The zero-order valence-electron chi connectivity index (χ0n) is 17.8. The molecule has 0 bridgehead atoms. The number of halogens is 1. The van der Waals surface area contributed by atoms with Gasteiger partial charge >= 0.3 is 0 Å². The summed E-state index contributed by atoms with van der Waals surface area (Å²) in [5, 5.41) is 0. The molecule has 32 heavy (non-hydrogen) atoms. The Hall–Kier alpha value is -2.87. The van der Waals surface area contributed by atoms with Crippen molar-refractivity contribution in [1.29, 1.82) is 0 Å². The highest BCUT2D eigenvalue weighted by Gasteiger charge is 2.55. The molecule has 0 aliphatic carbocycles. The Labute approximate surface area is 195 Å². The number of hydrazine groups is 1. The molecular weight excluding hydrogens is 470 g/mol. The highest BCUT2D eigenvalue weighted by molar-refractivity contribution is 9.10. The van der Waals surface area contributed by atoms with E-state index in [4.69, 9.17) is 9.47 Å². The van der Waals surface area contributed by atoms with Crippen molar-refractivity contribution in [1.82, 2.24) is 10.9 Å². The maximum absolute atomic E-state index is 13.6. The molecule has 0 aromatic heterocycles. The quantitative estimate of drug-likeness (QED) is 0.551. The van der Waals surface area contributed by atoms with Crippen LogP contribution >= 0.6 is 15.9 Å². The predicted octanol–water partition coefficient (Wildman–Crippen LogP) is 4.39. The van der Waals surface area contributed by atoms with Crippen LogP contribution in [0.3, 0.4) is 0 Å². The number of methoxy groups -OCH3 is 2. The van der Waals surface area contributed by atoms with Crippen molar-refractivity contribution >= 4 is 27.5 Å². The average Bonchev–Trinajstić information content (AvgIpc) is 3.39. The van der Waals surface area contributed by atoms with Gasteiger partial charge in [-0.1, -0.05) is 40.2 Å². The van der Waals surface area contributed by atoms with Crippen LogP contribution in [0.25, 0.3) is 0 Å². The van der Waals surface area contributed by atoms with Crippen molar-refractivity contribution < 1.29 is 14.3 Å². The van der Waals surface area contributed by atoms with Crippen molar-refractivity contribution in [2.75, 3.05) is 19.1 Å². The lowest BCUT2D eigenvalue weighted by Gasteiger charge is -2.31. The van der Waals surface area contributed by atoms with E-state index in [1.807, 2.05) is 53.4 Å². The molecule has 0 radical (unpaired) electrons. The normalized spacial score (nSPS) is 24.5. The van der Waals surface area contributed by atoms with Gasteiger partial charge in [-0.2, -0.15) is 0 Å². The lowest BCUT2D eigenvalue weighted by atomic mass is 9.83. The number of benzene rings is 3. The fraction of sp³-hybridized carbons (Fsp3) is 0.240. The van der Waals surface area contributed by atoms with Crippen LogP contribution in [-0.4, -0.2) is 26.2 Å². The van der Waals surface area contributed by atoms with E-state index < -0.39 is 0 Å². The van der Waals surface area contributed by atoms with Gasteiger partial charge in [-0.25, -0.2) is 10.9 Å². The van der Waals surface area contributed by atoms with Gasteiger partial charge in [-0.05, 0) is 59.7 Å².